The summed E-state index contributed by atoms with van der Waals surface area (Å²) >= 11 is 1.37. The summed E-state index contributed by atoms with van der Waals surface area (Å²) in [5.41, 5.74) is 1.69. The van der Waals surface area contributed by atoms with Crippen molar-refractivity contribution in [2.75, 3.05) is 38.6 Å². The van der Waals surface area contributed by atoms with E-state index in [0.29, 0.717) is 17.5 Å². The van der Waals surface area contributed by atoms with Gasteiger partial charge in [-0.15, -0.1) is 10.2 Å². The molecule has 1 N–H and O–H groups in total. The fraction of sp³-hybridized carbons (Fsp3) is 0.435. The number of ether oxygens (including phenoxy) is 1. The van der Waals surface area contributed by atoms with Gasteiger partial charge in [0.15, 0.2) is 11.0 Å². The first-order valence-corrected chi connectivity index (χ1v) is 11.7. The van der Waals surface area contributed by atoms with Gasteiger partial charge in [-0.1, -0.05) is 30.0 Å². The van der Waals surface area contributed by atoms with Crippen LogP contribution < -0.4 is 5.32 Å². The summed E-state index contributed by atoms with van der Waals surface area (Å²) in [5.74, 6) is 1.70. The van der Waals surface area contributed by atoms with Crippen molar-refractivity contribution in [3.05, 3.63) is 48.4 Å². The summed E-state index contributed by atoms with van der Waals surface area (Å²) in [6.07, 6.45) is 1.64. The number of amides is 1. The maximum absolute atomic E-state index is 12.6. The minimum absolute atomic E-state index is 0.0278. The quantitative estimate of drug-likeness (QED) is 0.522. The second kappa shape index (κ2) is 9.89. The Kier molecular flexibility index (Phi) is 6.98. The highest BCUT2D eigenvalue weighted by molar-refractivity contribution is 7.99. The van der Waals surface area contributed by atoms with Crippen molar-refractivity contribution >= 4 is 17.7 Å². The Labute approximate surface area is 192 Å². The number of hydrogen-bond donors (Lipinski definition) is 1. The van der Waals surface area contributed by atoms with Crippen LogP contribution >= 0.6 is 11.8 Å². The zero-order valence-electron chi connectivity index (χ0n) is 18.7. The van der Waals surface area contributed by atoms with Crippen molar-refractivity contribution in [3.63, 3.8) is 0 Å². The maximum Gasteiger partial charge on any atom is 0.230 e. The van der Waals surface area contributed by atoms with Gasteiger partial charge in [0.25, 0.3) is 0 Å². The smallest absolute Gasteiger partial charge is 0.230 e. The molecule has 0 spiro atoms. The summed E-state index contributed by atoms with van der Waals surface area (Å²) < 4.78 is 12.9. The topological polar surface area (TPSA) is 85.4 Å². The van der Waals surface area contributed by atoms with Crippen LogP contribution in [0.25, 0.3) is 17.1 Å². The number of rotatable bonds is 8. The standard InChI is InChI=1S/C23H29N5O3S/c1-17-19(9-12-31-17)21-25-26-22(28(21)18-7-5-4-6-8-18)32-15-20(29)24-16-23(2,3)27-10-13-30-14-11-27/h4-9,12H,10-11,13-16H2,1-3H3,(H,24,29). The lowest BCUT2D eigenvalue weighted by Gasteiger charge is -2.40. The van der Waals surface area contributed by atoms with Crippen LogP contribution in [0.4, 0.5) is 0 Å². The Bertz CT molecular complexity index is 1040. The SMILES string of the molecule is Cc1occc1-c1nnc(SCC(=O)NCC(C)(C)N2CCOCC2)n1-c1ccccc1. The second-order valence-corrected chi connectivity index (χ2v) is 9.29. The van der Waals surface area contributed by atoms with E-state index in [1.807, 2.05) is 47.9 Å². The van der Waals surface area contributed by atoms with Crippen LogP contribution in [0, 0.1) is 6.92 Å². The van der Waals surface area contributed by atoms with E-state index < -0.39 is 0 Å². The van der Waals surface area contributed by atoms with Gasteiger partial charge in [0.2, 0.25) is 5.91 Å². The molecule has 1 aliphatic rings. The summed E-state index contributed by atoms with van der Waals surface area (Å²) in [6.45, 7) is 10.0. The van der Waals surface area contributed by atoms with Crippen LogP contribution in [0.5, 0.6) is 0 Å². The van der Waals surface area contributed by atoms with Crippen LogP contribution in [0.15, 0.2) is 52.2 Å². The first-order valence-electron chi connectivity index (χ1n) is 10.7. The Balaban J connectivity index is 1.45. The predicted octanol–water partition coefficient (Wildman–Crippen LogP) is 3.15. The molecule has 170 valence electrons. The van der Waals surface area contributed by atoms with Crippen LogP contribution in [-0.2, 0) is 9.53 Å². The lowest BCUT2D eigenvalue weighted by Crippen LogP contribution is -2.55. The molecule has 3 heterocycles. The molecule has 3 aromatic rings. The molecule has 1 aliphatic heterocycles. The van der Waals surface area contributed by atoms with Gasteiger partial charge in [-0.05, 0) is 39.0 Å². The average molecular weight is 456 g/mol. The van der Waals surface area contributed by atoms with Crippen molar-refractivity contribution in [3.8, 4) is 17.1 Å². The van der Waals surface area contributed by atoms with Crippen LogP contribution in [0.2, 0.25) is 0 Å². The Morgan fingerprint density at radius 3 is 2.59 bits per heavy atom. The Morgan fingerprint density at radius 1 is 1.16 bits per heavy atom. The first kappa shape index (κ1) is 22.6. The number of morpholine rings is 1. The molecule has 1 amide bonds. The van der Waals surface area contributed by atoms with E-state index in [1.165, 1.54) is 11.8 Å². The number of carbonyl (C=O) groups excluding carboxylic acids is 1. The van der Waals surface area contributed by atoms with Gasteiger partial charge >= 0.3 is 0 Å². The van der Waals surface area contributed by atoms with Crippen molar-refractivity contribution in [1.29, 1.82) is 0 Å². The van der Waals surface area contributed by atoms with E-state index >= 15 is 0 Å². The van der Waals surface area contributed by atoms with Gasteiger partial charge in [-0.2, -0.15) is 0 Å². The Morgan fingerprint density at radius 2 is 1.91 bits per heavy atom. The molecule has 4 rings (SSSR count). The van der Waals surface area contributed by atoms with E-state index in [4.69, 9.17) is 9.15 Å². The normalized spacial score (nSPS) is 15.1. The fourth-order valence-electron chi connectivity index (χ4n) is 3.74. The number of furan rings is 1. The van der Waals surface area contributed by atoms with Crippen LogP contribution in [0.1, 0.15) is 19.6 Å². The van der Waals surface area contributed by atoms with Gasteiger partial charge in [0.1, 0.15) is 5.76 Å². The molecule has 1 saturated heterocycles. The number of carbonyl (C=O) groups is 1. The maximum atomic E-state index is 12.6. The Hall–Kier alpha value is -2.62. The molecule has 8 nitrogen and oxygen atoms in total. The summed E-state index contributed by atoms with van der Waals surface area (Å²) in [4.78, 5) is 15.0. The number of thioether (sulfide) groups is 1. The third-order valence-electron chi connectivity index (χ3n) is 5.67. The molecule has 0 atom stereocenters. The van der Waals surface area contributed by atoms with Gasteiger partial charge in [0, 0.05) is 30.9 Å². The lowest BCUT2D eigenvalue weighted by atomic mass is 10.0. The number of aromatic nitrogens is 3. The monoisotopic (exact) mass is 455 g/mol. The molecule has 0 saturated carbocycles. The van der Waals surface area contributed by atoms with Gasteiger partial charge in [-0.3, -0.25) is 14.3 Å². The molecular formula is C23H29N5O3S. The summed E-state index contributed by atoms with van der Waals surface area (Å²) in [7, 11) is 0. The molecular weight excluding hydrogens is 426 g/mol. The molecule has 0 aliphatic carbocycles. The molecule has 1 aromatic carbocycles. The molecule has 0 unspecified atom stereocenters. The second-order valence-electron chi connectivity index (χ2n) is 8.34. The lowest BCUT2D eigenvalue weighted by molar-refractivity contribution is -0.119. The van der Waals surface area contributed by atoms with Gasteiger partial charge in [0.05, 0.1) is 30.8 Å². The summed E-state index contributed by atoms with van der Waals surface area (Å²) in [5, 5.41) is 12.5. The van der Waals surface area contributed by atoms with Crippen LogP contribution in [0.3, 0.4) is 0 Å². The highest BCUT2D eigenvalue weighted by atomic mass is 32.2. The van der Waals surface area contributed by atoms with Crippen molar-refractivity contribution in [2.45, 2.75) is 31.5 Å². The molecule has 9 heteroatoms. The minimum atomic E-state index is -0.125. The van der Waals surface area contributed by atoms with E-state index in [0.717, 1.165) is 43.3 Å². The predicted molar refractivity (Wildman–Crippen MR) is 124 cm³/mol. The fourth-order valence-corrected chi connectivity index (χ4v) is 4.52. The van der Waals surface area contributed by atoms with E-state index in [-0.39, 0.29) is 17.2 Å². The number of para-hydroxylation sites is 1. The van der Waals surface area contributed by atoms with Crippen molar-refractivity contribution < 1.29 is 13.9 Å². The third-order valence-corrected chi connectivity index (χ3v) is 6.59. The molecule has 0 radical (unpaired) electrons. The highest BCUT2D eigenvalue weighted by Crippen LogP contribution is 2.30. The number of nitrogens with zero attached hydrogens (tertiary/aromatic N) is 4. The van der Waals surface area contributed by atoms with Gasteiger partial charge in [-0.25, -0.2) is 0 Å². The molecule has 32 heavy (non-hydrogen) atoms. The van der Waals surface area contributed by atoms with E-state index in [9.17, 15) is 4.79 Å². The number of hydrogen-bond acceptors (Lipinski definition) is 7. The van der Waals surface area contributed by atoms with Crippen molar-refractivity contribution in [1.82, 2.24) is 25.0 Å². The molecule has 2 aromatic heterocycles. The first-order chi connectivity index (χ1) is 15.5. The van der Waals surface area contributed by atoms with Crippen LogP contribution in [-0.4, -0.2) is 69.7 Å². The largest absolute Gasteiger partial charge is 0.469 e. The van der Waals surface area contributed by atoms with E-state index in [1.54, 1.807) is 6.26 Å². The van der Waals surface area contributed by atoms with Crippen molar-refractivity contribution in [2.24, 2.45) is 0 Å². The molecule has 0 bridgehead atoms. The number of nitrogens with one attached hydrogen (secondary N) is 1. The van der Waals surface area contributed by atoms with Gasteiger partial charge < -0.3 is 14.5 Å². The van der Waals surface area contributed by atoms with E-state index in [2.05, 4.69) is 34.3 Å². The summed E-state index contributed by atoms with van der Waals surface area (Å²) in [6, 6.07) is 11.8. The zero-order valence-corrected chi connectivity index (χ0v) is 19.5. The molecule has 1 fully saturated rings. The highest BCUT2D eigenvalue weighted by Gasteiger charge is 2.28. The third kappa shape index (κ3) is 5.06. The number of aryl methyl sites for hydroxylation is 1. The average Bonchev–Trinajstić information content (AvgIpc) is 3.43. The zero-order chi connectivity index (χ0) is 22.6. The number of benzene rings is 1. The minimum Gasteiger partial charge on any atom is -0.469 e.